The van der Waals surface area contributed by atoms with Gasteiger partial charge in [0.25, 0.3) is 0 Å². The van der Waals surface area contributed by atoms with Gasteiger partial charge in [-0.1, -0.05) is 18.2 Å². The number of hydrogen-bond donors (Lipinski definition) is 2. The standard InChI is InChI=1S/C12H16O4/c1-8(2)16-11-6-4-3-5-9(11)7-10(13)12(14)15/h3-6,8,10,13H,7H2,1-2H3,(H,14,15). The van der Waals surface area contributed by atoms with Crippen LogP contribution in [0.25, 0.3) is 0 Å². The molecular formula is C12H16O4. The molecule has 0 aliphatic heterocycles. The molecule has 0 amide bonds. The average Bonchev–Trinajstić information content (AvgIpc) is 2.20. The number of carboxylic acids is 1. The summed E-state index contributed by atoms with van der Waals surface area (Å²) in [4.78, 5) is 10.5. The van der Waals surface area contributed by atoms with Crippen molar-refractivity contribution in [1.82, 2.24) is 0 Å². The summed E-state index contributed by atoms with van der Waals surface area (Å²) in [5.74, 6) is -0.600. The second kappa shape index (κ2) is 5.51. The van der Waals surface area contributed by atoms with Gasteiger partial charge in [0, 0.05) is 6.42 Å². The summed E-state index contributed by atoms with van der Waals surface area (Å²) >= 11 is 0. The summed E-state index contributed by atoms with van der Waals surface area (Å²) in [6.07, 6.45) is -1.32. The van der Waals surface area contributed by atoms with E-state index >= 15 is 0 Å². The zero-order valence-electron chi connectivity index (χ0n) is 9.38. The molecule has 1 unspecified atom stereocenters. The van der Waals surface area contributed by atoms with Gasteiger partial charge >= 0.3 is 5.97 Å². The highest BCUT2D eigenvalue weighted by Crippen LogP contribution is 2.20. The van der Waals surface area contributed by atoms with Crippen LogP contribution < -0.4 is 4.74 Å². The van der Waals surface area contributed by atoms with Gasteiger partial charge in [-0.15, -0.1) is 0 Å². The first-order valence-corrected chi connectivity index (χ1v) is 5.16. The molecule has 0 radical (unpaired) electrons. The van der Waals surface area contributed by atoms with Gasteiger partial charge in [-0.2, -0.15) is 0 Å². The van der Waals surface area contributed by atoms with E-state index < -0.39 is 12.1 Å². The van der Waals surface area contributed by atoms with Gasteiger partial charge in [-0.3, -0.25) is 0 Å². The molecule has 1 atom stereocenters. The largest absolute Gasteiger partial charge is 0.491 e. The molecular weight excluding hydrogens is 208 g/mol. The first kappa shape index (κ1) is 12.5. The maximum absolute atomic E-state index is 10.5. The maximum Gasteiger partial charge on any atom is 0.332 e. The fraction of sp³-hybridized carbons (Fsp3) is 0.417. The number of carbonyl (C=O) groups is 1. The highest BCUT2D eigenvalue weighted by molar-refractivity contribution is 5.72. The van der Waals surface area contributed by atoms with Crippen molar-refractivity contribution in [1.29, 1.82) is 0 Å². The number of hydrogen-bond acceptors (Lipinski definition) is 3. The van der Waals surface area contributed by atoms with Crippen LogP contribution in [0, 0.1) is 0 Å². The van der Waals surface area contributed by atoms with E-state index in [1.807, 2.05) is 19.9 Å². The Morgan fingerprint density at radius 3 is 2.56 bits per heavy atom. The van der Waals surface area contributed by atoms with Crippen LogP contribution in [0.4, 0.5) is 0 Å². The molecule has 0 fully saturated rings. The van der Waals surface area contributed by atoms with E-state index in [1.54, 1.807) is 18.2 Å². The Morgan fingerprint density at radius 1 is 1.38 bits per heavy atom. The number of aliphatic hydroxyl groups excluding tert-OH is 1. The van der Waals surface area contributed by atoms with E-state index in [-0.39, 0.29) is 12.5 Å². The van der Waals surface area contributed by atoms with E-state index in [2.05, 4.69) is 0 Å². The van der Waals surface area contributed by atoms with Crippen molar-refractivity contribution in [2.45, 2.75) is 32.5 Å². The zero-order valence-corrected chi connectivity index (χ0v) is 9.38. The van der Waals surface area contributed by atoms with Crippen molar-refractivity contribution in [2.24, 2.45) is 0 Å². The normalized spacial score (nSPS) is 12.5. The lowest BCUT2D eigenvalue weighted by Gasteiger charge is -2.14. The minimum Gasteiger partial charge on any atom is -0.491 e. The molecule has 0 saturated carbocycles. The van der Waals surface area contributed by atoms with Gasteiger partial charge in [0.2, 0.25) is 0 Å². The molecule has 1 aromatic rings. The molecule has 2 N–H and O–H groups in total. The summed E-state index contributed by atoms with van der Waals surface area (Å²) in [7, 11) is 0. The summed E-state index contributed by atoms with van der Waals surface area (Å²) in [6, 6.07) is 7.12. The van der Waals surface area contributed by atoms with Crippen molar-refractivity contribution in [3.8, 4) is 5.75 Å². The first-order chi connectivity index (χ1) is 7.50. The molecule has 0 aliphatic rings. The predicted molar refractivity (Wildman–Crippen MR) is 59.6 cm³/mol. The van der Waals surface area contributed by atoms with Crippen LogP contribution in [0.5, 0.6) is 5.75 Å². The number of benzene rings is 1. The lowest BCUT2D eigenvalue weighted by atomic mass is 10.1. The van der Waals surface area contributed by atoms with Crippen LogP contribution in [0.2, 0.25) is 0 Å². The van der Waals surface area contributed by atoms with Gasteiger partial charge in [0.15, 0.2) is 6.10 Å². The number of aliphatic hydroxyl groups is 1. The highest BCUT2D eigenvalue weighted by atomic mass is 16.5. The van der Waals surface area contributed by atoms with Gasteiger partial charge < -0.3 is 14.9 Å². The van der Waals surface area contributed by atoms with Crippen molar-refractivity contribution >= 4 is 5.97 Å². The topological polar surface area (TPSA) is 66.8 Å². The maximum atomic E-state index is 10.5. The molecule has 88 valence electrons. The van der Waals surface area contributed by atoms with Crippen LogP contribution in [0.1, 0.15) is 19.4 Å². The minimum atomic E-state index is -1.39. The van der Waals surface area contributed by atoms with Crippen LogP contribution in [0.3, 0.4) is 0 Å². The Balaban J connectivity index is 2.82. The fourth-order valence-corrected chi connectivity index (χ4v) is 1.34. The van der Waals surface area contributed by atoms with Gasteiger partial charge in [0.05, 0.1) is 6.10 Å². The SMILES string of the molecule is CC(C)Oc1ccccc1CC(O)C(=O)O. The number of rotatable bonds is 5. The smallest absolute Gasteiger partial charge is 0.332 e. The van der Waals surface area contributed by atoms with Gasteiger partial charge in [-0.05, 0) is 25.5 Å². The van der Waals surface area contributed by atoms with Crippen LogP contribution in [-0.2, 0) is 11.2 Å². The first-order valence-electron chi connectivity index (χ1n) is 5.16. The molecule has 0 bridgehead atoms. The number of aliphatic carboxylic acids is 1. The van der Waals surface area contributed by atoms with Gasteiger partial charge in [-0.25, -0.2) is 4.79 Å². The van der Waals surface area contributed by atoms with E-state index in [0.717, 1.165) is 0 Å². The minimum absolute atomic E-state index is 0.0168. The molecule has 1 rings (SSSR count). The number of para-hydroxylation sites is 1. The number of ether oxygens (including phenoxy) is 1. The summed E-state index contributed by atoms with van der Waals surface area (Å²) in [5, 5.41) is 17.9. The lowest BCUT2D eigenvalue weighted by molar-refractivity contribution is -0.146. The zero-order chi connectivity index (χ0) is 12.1. The Morgan fingerprint density at radius 2 is 2.00 bits per heavy atom. The third-order valence-electron chi connectivity index (χ3n) is 2.03. The summed E-state index contributed by atoms with van der Waals surface area (Å²) in [6.45, 7) is 3.79. The lowest BCUT2D eigenvalue weighted by Crippen LogP contribution is -2.22. The van der Waals surface area contributed by atoms with Crippen LogP contribution in [0.15, 0.2) is 24.3 Å². The Kier molecular flexibility index (Phi) is 4.31. The quantitative estimate of drug-likeness (QED) is 0.794. The van der Waals surface area contributed by atoms with E-state index in [9.17, 15) is 9.90 Å². The molecule has 0 spiro atoms. The Hall–Kier alpha value is -1.55. The Bertz CT molecular complexity index is 360. The van der Waals surface area contributed by atoms with Crippen LogP contribution in [-0.4, -0.2) is 28.4 Å². The van der Waals surface area contributed by atoms with Crippen LogP contribution >= 0.6 is 0 Å². The molecule has 0 aliphatic carbocycles. The Labute approximate surface area is 94.5 Å². The fourth-order valence-electron chi connectivity index (χ4n) is 1.34. The average molecular weight is 224 g/mol. The molecule has 16 heavy (non-hydrogen) atoms. The third kappa shape index (κ3) is 3.55. The summed E-state index contributed by atoms with van der Waals surface area (Å²) < 4.78 is 5.52. The second-order valence-electron chi connectivity index (χ2n) is 3.83. The molecule has 1 aromatic carbocycles. The number of carboxylic acid groups (broad SMARTS) is 1. The molecule has 0 aromatic heterocycles. The molecule has 0 saturated heterocycles. The summed E-state index contributed by atoms with van der Waals surface area (Å²) in [5.41, 5.74) is 0.700. The van der Waals surface area contributed by atoms with Gasteiger partial charge in [0.1, 0.15) is 5.75 Å². The van der Waals surface area contributed by atoms with E-state index in [4.69, 9.17) is 9.84 Å². The molecule has 0 heterocycles. The van der Waals surface area contributed by atoms with Crippen molar-refractivity contribution in [3.05, 3.63) is 29.8 Å². The third-order valence-corrected chi connectivity index (χ3v) is 2.03. The van der Waals surface area contributed by atoms with E-state index in [0.29, 0.717) is 11.3 Å². The van der Waals surface area contributed by atoms with E-state index in [1.165, 1.54) is 0 Å². The van der Waals surface area contributed by atoms with Crippen molar-refractivity contribution in [3.63, 3.8) is 0 Å². The van der Waals surface area contributed by atoms with Crippen molar-refractivity contribution in [2.75, 3.05) is 0 Å². The predicted octanol–water partition coefficient (Wildman–Crippen LogP) is 1.46. The highest BCUT2D eigenvalue weighted by Gasteiger charge is 2.16. The molecule has 4 heteroatoms. The second-order valence-corrected chi connectivity index (χ2v) is 3.83. The monoisotopic (exact) mass is 224 g/mol. The van der Waals surface area contributed by atoms with Crippen molar-refractivity contribution < 1.29 is 19.7 Å². The molecule has 4 nitrogen and oxygen atoms in total.